The topological polar surface area (TPSA) is 33.1 Å². The molecule has 1 aliphatic rings. The van der Waals surface area contributed by atoms with Crippen molar-refractivity contribution in [2.75, 3.05) is 19.6 Å². The van der Waals surface area contributed by atoms with Gasteiger partial charge in [0.2, 0.25) is 0 Å². The number of nitrogens with zero attached hydrogens (tertiary/aromatic N) is 3. The molecule has 1 N–H and O–H groups in total. The number of piperidine rings is 1. The number of hydrogen-bond donors (Lipinski definition) is 1. The van der Waals surface area contributed by atoms with Crippen LogP contribution in [0.4, 0.5) is 0 Å². The van der Waals surface area contributed by atoms with Crippen molar-refractivity contribution in [2.24, 2.45) is 0 Å². The van der Waals surface area contributed by atoms with E-state index in [0.29, 0.717) is 0 Å². The summed E-state index contributed by atoms with van der Waals surface area (Å²) >= 11 is 0. The summed E-state index contributed by atoms with van der Waals surface area (Å²) in [6.07, 6.45) is 7.55. The maximum Gasteiger partial charge on any atom is 0.0645 e. The molecule has 0 atom stereocenters. The molecular formula is C18H27ClN4. The van der Waals surface area contributed by atoms with Crippen LogP contribution in [0.2, 0.25) is 0 Å². The number of aromatic nitrogens is 2. The highest BCUT2D eigenvalue weighted by atomic mass is 35.5. The van der Waals surface area contributed by atoms with Crippen molar-refractivity contribution in [1.82, 2.24) is 20.0 Å². The molecule has 0 bridgehead atoms. The highest BCUT2D eigenvalue weighted by Crippen LogP contribution is 2.17. The van der Waals surface area contributed by atoms with Crippen LogP contribution in [0.5, 0.6) is 0 Å². The Balaban J connectivity index is 0.00000192. The van der Waals surface area contributed by atoms with Crippen LogP contribution in [0.1, 0.15) is 31.7 Å². The summed E-state index contributed by atoms with van der Waals surface area (Å²) in [5.41, 5.74) is 2.51. The first-order valence-electron chi connectivity index (χ1n) is 8.40. The van der Waals surface area contributed by atoms with E-state index in [1.165, 1.54) is 31.4 Å². The highest BCUT2D eigenvalue weighted by molar-refractivity contribution is 5.85. The summed E-state index contributed by atoms with van der Waals surface area (Å²) in [6, 6.07) is 11.5. The second-order valence-corrected chi connectivity index (χ2v) is 6.07. The minimum Gasteiger partial charge on any atom is -0.317 e. The minimum atomic E-state index is 0. The van der Waals surface area contributed by atoms with Crippen molar-refractivity contribution >= 4 is 12.4 Å². The molecule has 0 radical (unpaired) electrons. The van der Waals surface area contributed by atoms with Crippen LogP contribution >= 0.6 is 12.4 Å². The van der Waals surface area contributed by atoms with Crippen molar-refractivity contribution in [2.45, 2.75) is 38.8 Å². The highest BCUT2D eigenvalue weighted by Gasteiger charge is 2.20. The maximum absolute atomic E-state index is 4.28. The SMILES string of the molecule is CCCN(Cc1ccc(-n2cccn2)cc1)C1CCNCC1.Cl. The van der Waals surface area contributed by atoms with Gasteiger partial charge in [-0.2, -0.15) is 5.10 Å². The molecule has 0 amide bonds. The Morgan fingerprint density at radius 1 is 1.22 bits per heavy atom. The van der Waals surface area contributed by atoms with Gasteiger partial charge in [-0.15, -0.1) is 12.4 Å². The van der Waals surface area contributed by atoms with E-state index in [0.717, 1.165) is 31.4 Å². The molecule has 4 nitrogen and oxygen atoms in total. The summed E-state index contributed by atoms with van der Waals surface area (Å²) in [4.78, 5) is 2.66. The van der Waals surface area contributed by atoms with Crippen molar-refractivity contribution < 1.29 is 0 Å². The Morgan fingerprint density at radius 2 is 1.96 bits per heavy atom. The predicted molar refractivity (Wildman–Crippen MR) is 97.4 cm³/mol. The van der Waals surface area contributed by atoms with Crippen molar-refractivity contribution in [1.29, 1.82) is 0 Å². The molecule has 1 fully saturated rings. The molecule has 1 aromatic carbocycles. The number of rotatable bonds is 6. The molecular weight excluding hydrogens is 308 g/mol. The lowest BCUT2D eigenvalue weighted by Gasteiger charge is -2.34. The zero-order valence-electron chi connectivity index (χ0n) is 13.8. The average molecular weight is 335 g/mol. The normalized spacial score (nSPS) is 15.6. The van der Waals surface area contributed by atoms with Gasteiger partial charge in [0.05, 0.1) is 5.69 Å². The summed E-state index contributed by atoms with van der Waals surface area (Å²) in [5.74, 6) is 0. The van der Waals surface area contributed by atoms with Gasteiger partial charge in [0, 0.05) is 25.0 Å². The summed E-state index contributed by atoms with van der Waals surface area (Å²) in [6.45, 7) is 6.82. The predicted octanol–water partition coefficient (Wildman–Crippen LogP) is 3.26. The van der Waals surface area contributed by atoms with Crippen LogP contribution in [0.15, 0.2) is 42.7 Å². The van der Waals surface area contributed by atoms with Gasteiger partial charge in [-0.1, -0.05) is 19.1 Å². The molecule has 126 valence electrons. The number of halogens is 1. The van der Waals surface area contributed by atoms with Crippen molar-refractivity contribution in [3.05, 3.63) is 48.3 Å². The van der Waals surface area contributed by atoms with Gasteiger partial charge < -0.3 is 5.32 Å². The maximum atomic E-state index is 4.28. The molecule has 0 saturated carbocycles. The van der Waals surface area contributed by atoms with Crippen LogP contribution < -0.4 is 5.32 Å². The molecule has 0 aliphatic carbocycles. The first-order valence-corrected chi connectivity index (χ1v) is 8.40. The lowest BCUT2D eigenvalue weighted by Crippen LogP contribution is -2.43. The lowest BCUT2D eigenvalue weighted by molar-refractivity contribution is 0.154. The van der Waals surface area contributed by atoms with E-state index >= 15 is 0 Å². The summed E-state index contributed by atoms with van der Waals surface area (Å²) in [7, 11) is 0. The first-order chi connectivity index (χ1) is 10.9. The second-order valence-electron chi connectivity index (χ2n) is 6.07. The molecule has 23 heavy (non-hydrogen) atoms. The van der Waals surface area contributed by atoms with Gasteiger partial charge in [-0.25, -0.2) is 4.68 Å². The van der Waals surface area contributed by atoms with E-state index in [1.807, 2.05) is 23.1 Å². The molecule has 2 aromatic rings. The quantitative estimate of drug-likeness (QED) is 0.880. The number of hydrogen-bond acceptors (Lipinski definition) is 3. The van der Waals surface area contributed by atoms with Gasteiger partial charge in [0.25, 0.3) is 0 Å². The van der Waals surface area contributed by atoms with Crippen LogP contribution in [0.25, 0.3) is 5.69 Å². The van der Waals surface area contributed by atoms with Gasteiger partial charge >= 0.3 is 0 Å². The zero-order chi connectivity index (χ0) is 15.2. The fourth-order valence-electron chi connectivity index (χ4n) is 3.26. The molecule has 0 spiro atoms. The van der Waals surface area contributed by atoms with Crippen LogP contribution in [-0.4, -0.2) is 40.4 Å². The Bertz CT molecular complexity index is 547. The van der Waals surface area contributed by atoms with E-state index in [9.17, 15) is 0 Å². The summed E-state index contributed by atoms with van der Waals surface area (Å²) in [5, 5.41) is 7.74. The van der Waals surface area contributed by atoms with Crippen LogP contribution in [-0.2, 0) is 6.54 Å². The van der Waals surface area contributed by atoms with Crippen molar-refractivity contribution in [3.8, 4) is 5.69 Å². The van der Waals surface area contributed by atoms with Gasteiger partial charge in [-0.3, -0.25) is 4.90 Å². The third kappa shape index (κ3) is 4.80. The lowest BCUT2D eigenvalue weighted by atomic mass is 10.0. The fraction of sp³-hybridized carbons (Fsp3) is 0.500. The first kappa shape index (κ1) is 18.0. The second kappa shape index (κ2) is 9.06. The van der Waals surface area contributed by atoms with Crippen LogP contribution in [0, 0.1) is 0 Å². The van der Waals surface area contributed by atoms with Gasteiger partial charge in [0.1, 0.15) is 0 Å². The molecule has 5 heteroatoms. The van der Waals surface area contributed by atoms with Gasteiger partial charge in [-0.05, 0) is 62.7 Å². The summed E-state index contributed by atoms with van der Waals surface area (Å²) < 4.78 is 1.90. The Kier molecular flexibility index (Phi) is 7.09. The molecule has 1 aromatic heterocycles. The Hall–Kier alpha value is -1.36. The number of nitrogens with one attached hydrogen (secondary N) is 1. The smallest absolute Gasteiger partial charge is 0.0645 e. The van der Waals surface area contributed by atoms with Crippen molar-refractivity contribution in [3.63, 3.8) is 0 Å². The largest absolute Gasteiger partial charge is 0.317 e. The molecule has 3 rings (SSSR count). The van der Waals surface area contributed by atoms with Crippen LogP contribution in [0.3, 0.4) is 0 Å². The fourth-order valence-corrected chi connectivity index (χ4v) is 3.26. The Morgan fingerprint density at radius 3 is 2.57 bits per heavy atom. The molecule has 1 aliphatic heterocycles. The number of benzene rings is 1. The zero-order valence-corrected chi connectivity index (χ0v) is 14.6. The van der Waals surface area contributed by atoms with E-state index in [-0.39, 0.29) is 12.4 Å². The third-order valence-electron chi connectivity index (χ3n) is 4.43. The Labute approximate surface area is 145 Å². The molecule has 2 heterocycles. The standard InChI is InChI=1S/C18H26N4.ClH/c1-2-13-21(17-8-11-19-12-9-17)15-16-4-6-18(7-5-16)22-14-3-10-20-22;/h3-7,10,14,17,19H,2,8-9,11-13,15H2,1H3;1H. The van der Waals surface area contributed by atoms with E-state index < -0.39 is 0 Å². The average Bonchev–Trinajstić information content (AvgIpc) is 3.10. The third-order valence-corrected chi connectivity index (χ3v) is 4.43. The van der Waals surface area contributed by atoms with E-state index in [2.05, 4.69) is 46.5 Å². The van der Waals surface area contributed by atoms with E-state index in [1.54, 1.807) is 0 Å². The molecule has 1 saturated heterocycles. The monoisotopic (exact) mass is 334 g/mol. The van der Waals surface area contributed by atoms with E-state index in [4.69, 9.17) is 0 Å². The minimum absolute atomic E-state index is 0. The van der Waals surface area contributed by atoms with Gasteiger partial charge in [0.15, 0.2) is 0 Å². The molecule has 0 unspecified atom stereocenters.